The lowest BCUT2D eigenvalue weighted by Crippen LogP contribution is -2.53. The van der Waals surface area contributed by atoms with Crippen LogP contribution in [0.2, 0.25) is 5.02 Å². The Balaban J connectivity index is 1.94. The summed E-state index contributed by atoms with van der Waals surface area (Å²) >= 11 is 6.00. The molecule has 1 amide bonds. The Kier molecular flexibility index (Phi) is 4.66. The molecule has 0 unspecified atom stereocenters. The largest absolute Gasteiger partial charge is 0.368 e. The Morgan fingerprint density at radius 1 is 1.37 bits per heavy atom. The van der Waals surface area contributed by atoms with Crippen molar-refractivity contribution >= 4 is 23.2 Å². The minimum atomic E-state index is -0.363. The first-order valence-electron chi connectivity index (χ1n) is 6.66. The highest BCUT2D eigenvalue weighted by Crippen LogP contribution is 2.20. The Hall–Kier alpha value is -1.26. The quantitative estimate of drug-likeness (QED) is 0.918. The molecule has 0 aromatic heterocycles. The summed E-state index contributed by atoms with van der Waals surface area (Å²) in [7, 11) is 0. The molecule has 1 saturated heterocycles. The van der Waals surface area contributed by atoms with E-state index in [1.807, 2.05) is 36.1 Å². The fraction of sp³-hybridized carbons (Fsp3) is 0.500. The molecule has 0 saturated carbocycles. The third kappa shape index (κ3) is 3.39. The molecule has 0 spiro atoms. The summed E-state index contributed by atoms with van der Waals surface area (Å²) in [6.45, 7) is 5.02. The monoisotopic (exact) mass is 281 g/mol. The van der Waals surface area contributed by atoms with E-state index in [4.69, 9.17) is 17.3 Å². The Morgan fingerprint density at radius 2 is 2.05 bits per heavy atom. The van der Waals surface area contributed by atoms with Crippen molar-refractivity contribution in [2.24, 2.45) is 5.73 Å². The van der Waals surface area contributed by atoms with Gasteiger partial charge in [-0.05, 0) is 24.6 Å². The molecular weight excluding hydrogens is 262 g/mol. The zero-order chi connectivity index (χ0) is 13.8. The van der Waals surface area contributed by atoms with Crippen molar-refractivity contribution in [1.82, 2.24) is 4.90 Å². The maximum absolute atomic E-state index is 12.0. The summed E-state index contributed by atoms with van der Waals surface area (Å²) in [5, 5.41) is 0.740. The van der Waals surface area contributed by atoms with Crippen LogP contribution in [0.4, 0.5) is 5.69 Å². The highest BCUT2D eigenvalue weighted by atomic mass is 35.5. The van der Waals surface area contributed by atoms with Gasteiger partial charge in [0.2, 0.25) is 5.91 Å². The third-order valence-corrected chi connectivity index (χ3v) is 3.76. The van der Waals surface area contributed by atoms with Gasteiger partial charge >= 0.3 is 0 Å². The summed E-state index contributed by atoms with van der Waals surface area (Å²) < 4.78 is 0. The summed E-state index contributed by atoms with van der Waals surface area (Å²) in [5.74, 6) is 0.0632. The van der Waals surface area contributed by atoms with Gasteiger partial charge in [0.1, 0.15) is 0 Å². The van der Waals surface area contributed by atoms with Gasteiger partial charge in [0.15, 0.2) is 0 Å². The number of halogens is 1. The summed E-state index contributed by atoms with van der Waals surface area (Å²) in [4.78, 5) is 16.1. The predicted octanol–water partition coefficient (Wildman–Crippen LogP) is 1.73. The molecule has 1 aliphatic heterocycles. The SMILES string of the molecule is CC[C@@H](N)C(=O)N1CCN(c2cccc(Cl)c2)CC1. The van der Waals surface area contributed by atoms with Gasteiger partial charge in [-0.15, -0.1) is 0 Å². The van der Waals surface area contributed by atoms with E-state index in [0.29, 0.717) is 6.42 Å². The number of nitrogens with two attached hydrogens (primary N) is 1. The lowest BCUT2D eigenvalue weighted by atomic mass is 10.2. The molecule has 19 heavy (non-hydrogen) atoms. The van der Waals surface area contributed by atoms with E-state index in [2.05, 4.69) is 4.90 Å². The van der Waals surface area contributed by atoms with Gasteiger partial charge in [-0.1, -0.05) is 24.6 Å². The molecule has 1 aromatic rings. The number of carbonyl (C=O) groups excluding carboxylic acids is 1. The molecule has 1 fully saturated rings. The van der Waals surface area contributed by atoms with Crippen molar-refractivity contribution in [3.8, 4) is 0 Å². The van der Waals surface area contributed by atoms with Crippen LogP contribution in [0.5, 0.6) is 0 Å². The van der Waals surface area contributed by atoms with Gasteiger partial charge < -0.3 is 15.5 Å². The molecule has 104 valence electrons. The average Bonchev–Trinajstić information content (AvgIpc) is 2.46. The summed E-state index contributed by atoms with van der Waals surface area (Å²) in [6.07, 6.45) is 0.688. The number of hydrogen-bond donors (Lipinski definition) is 1. The van der Waals surface area contributed by atoms with Gasteiger partial charge in [-0.25, -0.2) is 0 Å². The van der Waals surface area contributed by atoms with Gasteiger partial charge in [-0.3, -0.25) is 4.79 Å². The van der Waals surface area contributed by atoms with Crippen molar-refractivity contribution in [2.45, 2.75) is 19.4 Å². The van der Waals surface area contributed by atoms with Crippen LogP contribution < -0.4 is 10.6 Å². The lowest BCUT2D eigenvalue weighted by molar-refractivity contribution is -0.132. The van der Waals surface area contributed by atoms with E-state index in [1.54, 1.807) is 0 Å². The summed E-state index contributed by atoms with van der Waals surface area (Å²) in [6, 6.07) is 7.45. The number of carbonyl (C=O) groups is 1. The van der Waals surface area contributed by atoms with Crippen LogP contribution in [-0.4, -0.2) is 43.0 Å². The van der Waals surface area contributed by atoms with E-state index < -0.39 is 0 Å². The highest BCUT2D eigenvalue weighted by molar-refractivity contribution is 6.30. The zero-order valence-corrected chi connectivity index (χ0v) is 11.9. The number of rotatable bonds is 3. The van der Waals surface area contributed by atoms with Crippen LogP contribution in [0.25, 0.3) is 0 Å². The Morgan fingerprint density at radius 3 is 2.63 bits per heavy atom. The fourth-order valence-electron chi connectivity index (χ4n) is 2.27. The fourth-order valence-corrected chi connectivity index (χ4v) is 2.45. The van der Waals surface area contributed by atoms with Crippen molar-refractivity contribution < 1.29 is 4.79 Å². The predicted molar refractivity (Wildman–Crippen MR) is 78.5 cm³/mol. The Bertz CT molecular complexity index is 444. The second kappa shape index (κ2) is 6.26. The molecule has 0 aliphatic carbocycles. The molecule has 4 nitrogen and oxygen atoms in total. The number of hydrogen-bond acceptors (Lipinski definition) is 3. The standard InChI is InChI=1S/C14H20ClN3O/c1-2-13(16)14(19)18-8-6-17(7-9-18)12-5-3-4-11(15)10-12/h3-5,10,13H,2,6-9,16H2,1H3/t13-/m1/s1. The van der Waals surface area contributed by atoms with Crippen molar-refractivity contribution in [3.05, 3.63) is 29.3 Å². The van der Waals surface area contributed by atoms with E-state index >= 15 is 0 Å². The second-order valence-electron chi connectivity index (χ2n) is 4.81. The molecule has 1 heterocycles. The first-order valence-corrected chi connectivity index (χ1v) is 7.04. The summed E-state index contributed by atoms with van der Waals surface area (Å²) in [5.41, 5.74) is 6.90. The zero-order valence-electron chi connectivity index (χ0n) is 11.2. The third-order valence-electron chi connectivity index (χ3n) is 3.52. The minimum absolute atomic E-state index is 0.0632. The maximum Gasteiger partial charge on any atom is 0.239 e. The van der Waals surface area contributed by atoms with Crippen molar-refractivity contribution in [1.29, 1.82) is 0 Å². The molecule has 1 atom stereocenters. The number of anilines is 1. The van der Waals surface area contributed by atoms with Gasteiger partial charge in [0, 0.05) is 36.9 Å². The molecular formula is C14H20ClN3O. The van der Waals surface area contributed by atoms with E-state index in [-0.39, 0.29) is 11.9 Å². The minimum Gasteiger partial charge on any atom is -0.368 e. The van der Waals surface area contributed by atoms with E-state index in [9.17, 15) is 4.79 Å². The molecule has 0 radical (unpaired) electrons. The van der Waals surface area contributed by atoms with Crippen LogP contribution in [0.3, 0.4) is 0 Å². The van der Waals surface area contributed by atoms with Crippen molar-refractivity contribution in [2.75, 3.05) is 31.1 Å². The van der Waals surface area contributed by atoms with Crippen LogP contribution in [0.1, 0.15) is 13.3 Å². The maximum atomic E-state index is 12.0. The van der Waals surface area contributed by atoms with Gasteiger partial charge in [-0.2, -0.15) is 0 Å². The topological polar surface area (TPSA) is 49.6 Å². The molecule has 1 aliphatic rings. The van der Waals surface area contributed by atoms with E-state index in [1.165, 1.54) is 0 Å². The molecule has 5 heteroatoms. The number of benzene rings is 1. The molecule has 2 rings (SSSR count). The lowest BCUT2D eigenvalue weighted by Gasteiger charge is -2.37. The van der Waals surface area contributed by atoms with Gasteiger partial charge in [0.05, 0.1) is 6.04 Å². The van der Waals surface area contributed by atoms with Crippen LogP contribution in [0.15, 0.2) is 24.3 Å². The Labute approximate surface area is 119 Å². The first-order chi connectivity index (χ1) is 9.11. The van der Waals surface area contributed by atoms with Crippen LogP contribution in [0, 0.1) is 0 Å². The molecule has 0 bridgehead atoms. The first kappa shape index (κ1) is 14.2. The second-order valence-corrected chi connectivity index (χ2v) is 5.24. The molecule has 2 N–H and O–H groups in total. The van der Waals surface area contributed by atoms with Crippen molar-refractivity contribution in [3.63, 3.8) is 0 Å². The van der Waals surface area contributed by atoms with E-state index in [0.717, 1.165) is 36.9 Å². The highest BCUT2D eigenvalue weighted by Gasteiger charge is 2.24. The van der Waals surface area contributed by atoms with Crippen LogP contribution in [-0.2, 0) is 4.79 Å². The number of nitrogens with zero attached hydrogens (tertiary/aromatic N) is 2. The number of piperazine rings is 1. The van der Waals surface area contributed by atoms with Crippen LogP contribution >= 0.6 is 11.6 Å². The van der Waals surface area contributed by atoms with Gasteiger partial charge in [0.25, 0.3) is 0 Å². The normalized spacial score (nSPS) is 17.4. The molecule has 1 aromatic carbocycles. The average molecular weight is 282 g/mol. The number of amides is 1. The smallest absolute Gasteiger partial charge is 0.239 e.